The summed E-state index contributed by atoms with van der Waals surface area (Å²) in [4.78, 5) is 19.2. The molecule has 138 valence electrons. The normalized spacial score (nSPS) is 16.9. The first-order chi connectivity index (χ1) is 13.0. The molecular weight excluding hydrogens is 358 g/mol. The molecule has 1 amide bonds. The van der Waals surface area contributed by atoms with Gasteiger partial charge in [-0.2, -0.15) is 5.26 Å². The standard InChI is InChI=1S/C21H21N3O2S/c1-21(2)15-27-20(23-13-17-6-4-3-5-7-17)24(21)19(25)14-26-18-10-8-16(12-22)9-11-18/h3-11H,13-15H2,1-2H3. The van der Waals surface area contributed by atoms with Crippen LogP contribution < -0.4 is 4.74 Å². The van der Waals surface area contributed by atoms with Crippen molar-refractivity contribution in [1.29, 1.82) is 5.26 Å². The molecule has 1 aliphatic heterocycles. The second-order valence-corrected chi connectivity index (χ2v) is 7.78. The Kier molecular flexibility index (Phi) is 5.82. The van der Waals surface area contributed by atoms with Gasteiger partial charge in [0.15, 0.2) is 11.8 Å². The summed E-state index contributed by atoms with van der Waals surface area (Å²) in [6.07, 6.45) is 0. The van der Waals surface area contributed by atoms with Gasteiger partial charge in [-0.15, -0.1) is 0 Å². The molecule has 2 aromatic carbocycles. The number of rotatable bonds is 5. The number of thioether (sulfide) groups is 1. The predicted octanol–water partition coefficient (Wildman–Crippen LogP) is 3.85. The van der Waals surface area contributed by atoms with E-state index >= 15 is 0 Å². The molecule has 6 heteroatoms. The lowest BCUT2D eigenvalue weighted by molar-refractivity contribution is -0.132. The molecule has 3 rings (SSSR count). The highest BCUT2D eigenvalue weighted by atomic mass is 32.2. The molecule has 1 fully saturated rings. The molecule has 0 atom stereocenters. The first kappa shape index (κ1) is 19.0. The van der Waals surface area contributed by atoms with Gasteiger partial charge in [-0.05, 0) is 43.7 Å². The zero-order valence-electron chi connectivity index (χ0n) is 15.4. The number of ether oxygens (including phenoxy) is 1. The van der Waals surface area contributed by atoms with Gasteiger partial charge in [0.2, 0.25) is 0 Å². The maximum atomic E-state index is 12.8. The van der Waals surface area contributed by atoms with Crippen molar-refractivity contribution >= 4 is 22.8 Å². The average molecular weight is 379 g/mol. The molecule has 0 bridgehead atoms. The van der Waals surface area contributed by atoms with E-state index in [-0.39, 0.29) is 18.1 Å². The van der Waals surface area contributed by atoms with E-state index in [1.165, 1.54) is 0 Å². The summed E-state index contributed by atoms with van der Waals surface area (Å²) in [7, 11) is 0. The van der Waals surface area contributed by atoms with Crippen LogP contribution >= 0.6 is 11.8 Å². The van der Waals surface area contributed by atoms with Crippen LogP contribution in [0, 0.1) is 11.3 Å². The monoisotopic (exact) mass is 379 g/mol. The van der Waals surface area contributed by atoms with Gasteiger partial charge in [-0.25, -0.2) is 0 Å². The summed E-state index contributed by atoms with van der Waals surface area (Å²) in [5, 5.41) is 9.58. The van der Waals surface area contributed by atoms with E-state index in [1.807, 2.05) is 44.2 Å². The molecule has 1 heterocycles. The Morgan fingerprint density at radius 2 is 1.93 bits per heavy atom. The van der Waals surface area contributed by atoms with Crippen molar-refractivity contribution in [3.8, 4) is 11.8 Å². The molecule has 0 aliphatic carbocycles. The fourth-order valence-electron chi connectivity index (χ4n) is 2.77. The van der Waals surface area contributed by atoms with Gasteiger partial charge in [0.25, 0.3) is 5.91 Å². The Morgan fingerprint density at radius 3 is 2.59 bits per heavy atom. The van der Waals surface area contributed by atoms with Crippen LogP contribution in [-0.4, -0.2) is 33.9 Å². The van der Waals surface area contributed by atoms with Crippen molar-refractivity contribution in [3.05, 3.63) is 65.7 Å². The molecular formula is C21H21N3O2S. The van der Waals surface area contributed by atoms with Gasteiger partial charge in [0, 0.05) is 5.75 Å². The van der Waals surface area contributed by atoms with E-state index in [2.05, 4.69) is 11.1 Å². The molecule has 5 nitrogen and oxygen atoms in total. The van der Waals surface area contributed by atoms with Crippen molar-refractivity contribution in [3.63, 3.8) is 0 Å². The number of amides is 1. The number of aliphatic imine (C=N–C) groups is 1. The summed E-state index contributed by atoms with van der Waals surface area (Å²) in [5.41, 5.74) is 1.35. The largest absolute Gasteiger partial charge is 0.484 e. The highest BCUT2D eigenvalue weighted by Crippen LogP contribution is 2.33. The zero-order chi connectivity index (χ0) is 19.3. The van der Waals surface area contributed by atoms with Gasteiger partial charge in [-0.1, -0.05) is 42.1 Å². The van der Waals surface area contributed by atoms with E-state index in [0.717, 1.165) is 16.5 Å². The van der Waals surface area contributed by atoms with Crippen molar-refractivity contribution in [2.24, 2.45) is 4.99 Å². The van der Waals surface area contributed by atoms with Gasteiger partial charge < -0.3 is 4.74 Å². The molecule has 0 spiro atoms. The molecule has 27 heavy (non-hydrogen) atoms. The van der Waals surface area contributed by atoms with Crippen LogP contribution in [-0.2, 0) is 11.3 Å². The third-order valence-electron chi connectivity index (χ3n) is 4.19. The van der Waals surface area contributed by atoms with Gasteiger partial charge in [0.05, 0.1) is 23.7 Å². The Morgan fingerprint density at radius 1 is 1.22 bits per heavy atom. The molecule has 0 unspecified atom stereocenters. The van der Waals surface area contributed by atoms with Gasteiger partial charge >= 0.3 is 0 Å². The van der Waals surface area contributed by atoms with E-state index in [9.17, 15) is 4.79 Å². The van der Waals surface area contributed by atoms with Gasteiger partial charge in [-0.3, -0.25) is 14.7 Å². The van der Waals surface area contributed by atoms with E-state index in [0.29, 0.717) is 17.9 Å². The van der Waals surface area contributed by atoms with Crippen LogP contribution in [0.15, 0.2) is 59.6 Å². The number of nitrogens with zero attached hydrogens (tertiary/aromatic N) is 3. The topological polar surface area (TPSA) is 65.7 Å². The second-order valence-electron chi connectivity index (χ2n) is 6.84. The van der Waals surface area contributed by atoms with E-state index in [1.54, 1.807) is 40.9 Å². The smallest absolute Gasteiger partial charge is 0.266 e. The minimum absolute atomic E-state index is 0.0692. The first-order valence-electron chi connectivity index (χ1n) is 8.67. The highest BCUT2D eigenvalue weighted by Gasteiger charge is 2.41. The van der Waals surface area contributed by atoms with Crippen LogP contribution in [0.3, 0.4) is 0 Å². The number of hydrogen-bond acceptors (Lipinski definition) is 5. The molecule has 0 saturated carbocycles. The van der Waals surface area contributed by atoms with Crippen molar-refractivity contribution < 1.29 is 9.53 Å². The summed E-state index contributed by atoms with van der Waals surface area (Å²) in [6, 6.07) is 18.8. The Labute approximate surface area is 163 Å². The van der Waals surface area contributed by atoms with E-state index < -0.39 is 0 Å². The third-order valence-corrected chi connectivity index (χ3v) is 5.61. The first-order valence-corrected chi connectivity index (χ1v) is 9.65. The molecule has 0 radical (unpaired) electrons. The molecule has 1 aliphatic rings. The number of amidine groups is 1. The average Bonchev–Trinajstić information content (AvgIpc) is 3.00. The lowest BCUT2D eigenvalue weighted by atomic mass is 10.1. The van der Waals surface area contributed by atoms with Crippen molar-refractivity contribution in [2.75, 3.05) is 12.4 Å². The number of carbonyl (C=O) groups excluding carboxylic acids is 1. The van der Waals surface area contributed by atoms with Crippen LogP contribution in [0.1, 0.15) is 25.0 Å². The SMILES string of the molecule is CC1(C)CSC(=NCc2ccccc2)N1C(=O)COc1ccc(C#N)cc1. The van der Waals surface area contributed by atoms with Crippen molar-refractivity contribution in [2.45, 2.75) is 25.9 Å². The summed E-state index contributed by atoms with van der Waals surface area (Å²) in [6.45, 7) is 4.54. The lowest BCUT2D eigenvalue weighted by Gasteiger charge is -2.30. The molecule has 2 aromatic rings. The maximum Gasteiger partial charge on any atom is 0.266 e. The number of carbonyl (C=O) groups is 1. The van der Waals surface area contributed by atoms with Crippen LogP contribution in [0.4, 0.5) is 0 Å². The number of benzene rings is 2. The minimum atomic E-state index is -0.314. The van der Waals surface area contributed by atoms with Crippen LogP contribution in [0.5, 0.6) is 5.75 Å². The Bertz CT molecular complexity index is 871. The predicted molar refractivity (Wildman–Crippen MR) is 108 cm³/mol. The maximum absolute atomic E-state index is 12.8. The molecule has 0 N–H and O–H groups in total. The minimum Gasteiger partial charge on any atom is -0.484 e. The van der Waals surface area contributed by atoms with E-state index in [4.69, 9.17) is 10.00 Å². The third kappa shape index (κ3) is 4.69. The number of nitriles is 1. The number of hydrogen-bond donors (Lipinski definition) is 0. The summed E-state index contributed by atoms with van der Waals surface area (Å²) in [5.74, 6) is 1.24. The summed E-state index contributed by atoms with van der Waals surface area (Å²) >= 11 is 1.60. The summed E-state index contributed by atoms with van der Waals surface area (Å²) < 4.78 is 5.62. The lowest BCUT2D eigenvalue weighted by Crippen LogP contribution is -2.48. The fraction of sp³-hybridized carbons (Fsp3) is 0.286. The zero-order valence-corrected chi connectivity index (χ0v) is 16.2. The quantitative estimate of drug-likeness (QED) is 0.791. The van der Waals surface area contributed by atoms with Crippen LogP contribution in [0.2, 0.25) is 0 Å². The Hall–Kier alpha value is -2.78. The fourth-order valence-corrected chi connectivity index (χ4v) is 4.01. The van der Waals surface area contributed by atoms with Crippen LogP contribution in [0.25, 0.3) is 0 Å². The molecule has 1 saturated heterocycles. The Balaban J connectivity index is 1.68. The second kappa shape index (κ2) is 8.28. The van der Waals surface area contributed by atoms with Crippen molar-refractivity contribution in [1.82, 2.24) is 4.90 Å². The molecule has 0 aromatic heterocycles. The highest BCUT2D eigenvalue weighted by molar-refractivity contribution is 8.14. The van der Waals surface area contributed by atoms with Gasteiger partial charge in [0.1, 0.15) is 5.75 Å².